The Kier molecular flexibility index (Phi) is 5.73. The number of amides is 3. The van der Waals surface area contributed by atoms with Gasteiger partial charge in [0.05, 0.1) is 23.4 Å². The minimum Gasteiger partial charge on any atom is -0.494 e. The number of hydrogen-bond donors (Lipinski definition) is 1. The van der Waals surface area contributed by atoms with Crippen LogP contribution in [0.5, 0.6) is 5.75 Å². The SMILES string of the molecule is CCOc1ccc(N2C(=O)c3ccc(C(=O)NCc4cccc(Cl)c4)cc3C2=O)cc1. The van der Waals surface area contributed by atoms with Crippen LogP contribution in [-0.2, 0) is 6.54 Å². The van der Waals surface area contributed by atoms with Crippen LogP contribution < -0.4 is 15.0 Å². The molecule has 1 aliphatic heterocycles. The first-order valence-corrected chi connectivity index (χ1v) is 10.1. The molecule has 3 aromatic carbocycles. The molecule has 0 radical (unpaired) electrons. The Labute approximate surface area is 184 Å². The summed E-state index contributed by atoms with van der Waals surface area (Å²) >= 11 is 5.97. The van der Waals surface area contributed by atoms with Crippen LogP contribution in [-0.4, -0.2) is 24.3 Å². The molecule has 0 saturated heterocycles. The highest BCUT2D eigenvalue weighted by Gasteiger charge is 2.37. The Morgan fingerprint density at radius 3 is 2.42 bits per heavy atom. The Bertz CT molecular complexity index is 1170. The van der Waals surface area contributed by atoms with Crippen molar-refractivity contribution in [1.29, 1.82) is 0 Å². The summed E-state index contributed by atoms with van der Waals surface area (Å²) in [7, 11) is 0. The van der Waals surface area contributed by atoms with Crippen molar-refractivity contribution in [2.45, 2.75) is 13.5 Å². The van der Waals surface area contributed by atoms with E-state index in [0.717, 1.165) is 10.5 Å². The van der Waals surface area contributed by atoms with Crippen LogP contribution in [0, 0.1) is 0 Å². The van der Waals surface area contributed by atoms with Gasteiger partial charge in [0, 0.05) is 17.1 Å². The molecule has 1 aliphatic rings. The number of benzene rings is 3. The van der Waals surface area contributed by atoms with Crippen molar-refractivity contribution in [3.05, 3.63) is 94.0 Å². The highest BCUT2D eigenvalue weighted by molar-refractivity contribution is 6.34. The van der Waals surface area contributed by atoms with Gasteiger partial charge in [-0.25, -0.2) is 4.90 Å². The summed E-state index contributed by atoms with van der Waals surface area (Å²) in [5, 5.41) is 3.39. The fourth-order valence-electron chi connectivity index (χ4n) is 3.41. The van der Waals surface area contributed by atoms with Crippen molar-refractivity contribution in [1.82, 2.24) is 5.32 Å². The number of nitrogens with one attached hydrogen (secondary N) is 1. The summed E-state index contributed by atoms with van der Waals surface area (Å²) in [5.74, 6) is -0.576. The summed E-state index contributed by atoms with van der Waals surface area (Å²) in [6.07, 6.45) is 0. The van der Waals surface area contributed by atoms with Crippen molar-refractivity contribution in [2.75, 3.05) is 11.5 Å². The Balaban J connectivity index is 1.52. The molecule has 3 amide bonds. The molecule has 0 bridgehead atoms. The Morgan fingerprint density at radius 1 is 0.968 bits per heavy atom. The second-order valence-electron chi connectivity index (χ2n) is 6.95. The van der Waals surface area contributed by atoms with Crippen LogP contribution in [0.15, 0.2) is 66.7 Å². The van der Waals surface area contributed by atoms with E-state index in [1.807, 2.05) is 13.0 Å². The summed E-state index contributed by atoms with van der Waals surface area (Å²) in [4.78, 5) is 39.4. The lowest BCUT2D eigenvalue weighted by molar-refractivity contribution is 0.0923. The third kappa shape index (κ3) is 4.15. The third-order valence-corrected chi connectivity index (χ3v) is 5.13. The molecule has 4 rings (SSSR count). The lowest BCUT2D eigenvalue weighted by Gasteiger charge is -2.14. The predicted octanol–water partition coefficient (Wildman–Crippen LogP) is 4.47. The monoisotopic (exact) mass is 434 g/mol. The zero-order valence-corrected chi connectivity index (χ0v) is 17.5. The van der Waals surface area contributed by atoms with Crippen LogP contribution >= 0.6 is 11.6 Å². The number of carbonyl (C=O) groups excluding carboxylic acids is 3. The lowest BCUT2D eigenvalue weighted by atomic mass is 10.1. The van der Waals surface area contributed by atoms with E-state index >= 15 is 0 Å². The average molecular weight is 435 g/mol. The third-order valence-electron chi connectivity index (χ3n) is 4.90. The second kappa shape index (κ2) is 8.62. The van der Waals surface area contributed by atoms with Crippen LogP contribution in [0.2, 0.25) is 5.02 Å². The van der Waals surface area contributed by atoms with Crippen molar-refractivity contribution >= 4 is 35.0 Å². The molecule has 7 heteroatoms. The summed E-state index contributed by atoms with van der Waals surface area (Å²) in [6, 6.07) is 18.4. The Morgan fingerprint density at radius 2 is 1.71 bits per heavy atom. The van der Waals surface area contributed by atoms with E-state index in [1.165, 1.54) is 12.1 Å². The molecule has 0 atom stereocenters. The smallest absolute Gasteiger partial charge is 0.266 e. The minimum atomic E-state index is -0.464. The highest BCUT2D eigenvalue weighted by Crippen LogP contribution is 2.30. The second-order valence-corrected chi connectivity index (χ2v) is 7.38. The quantitative estimate of drug-likeness (QED) is 0.581. The molecule has 31 heavy (non-hydrogen) atoms. The molecule has 1 heterocycles. The van der Waals surface area contributed by atoms with Crippen LogP contribution in [0.25, 0.3) is 0 Å². The van der Waals surface area contributed by atoms with Gasteiger partial charge in [0.1, 0.15) is 5.75 Å². The number of carbonyl (C=O) groups is 3. The molecule has 3 aromatic rings. The zero-order valence-electron chi connectivity index (χ0n) is 16.7. The van der Waals surface area contributed by atoms with Crippen molar-refractivity contribution in [3.8, 4) is 5.75 Å². The maximum Gasteiger partial charge on any atom is 0.266 e. The van der Waals surface area contributed by atoms with Gasteiger partial charge in [-0.15, -0.1) is 0 Å². The zero-order chi connectivity index (χ0) is 22.0. The van der Waals surface area contributed by atoms with Gasteiger partial charge in [-0.1, -0.05) is 23.7 Å². The molecular weight excluding hydrogens is 416 g/mol. The van der Waals surface area contributed by atoms with Gasteiger partial charge in [0.25, 0.3) is 17.7 Å². The molecule has 0 fully saturated rings. The van der Waals surface area contributed by atoms with E-state index in [-0.39, 0.29) is 17.0 Å². The number of fused-ring (bicyclic) bond motifs is 1. The molecule has 0 spiro atoms. The van der Waals surface area contributed by atoms with Crippen molar-refractivity contribution in [3.63, 3.8) is 0 Å². The van der Waals surface area contributed by atoms with Crippen molar-refractivity contribution in [2.24, 2.45) is 0 Å². The number of rotatable bonds is 6. The molecule has 0 unspecified atom stereocenters. The number of hydrogen-bond acceptors (Lipinski definition) is 4. The number of ether oxygens (including phenoxy) is 1. The number of halogens is 1. The normalized spacial score (nSPS) is 12.6. The highest BCUT2D eigenvalue weighted by atomic mass is 35.5. The molecule has 1 N–H and O–H groups in total. The van der Waals surface area contributed by atoms with Gasteiger partial charge >= 0.3 is 0 Å². The van der Waals surface area contributed by atoms with Gasteiger partial charge in [-0.2, -0.15) is 0 Å². The van der Waals surface area contributed by atoms with Crippen molar-refractivity contribution < 1.29 is 19.1 Å². The van der Waals surface area contributed by atoms with Gasteiger partial charge in [-0.3, -0.25) is 14.4 Å². The fourth-order valence-corrected chi connectivity index (χ4v) is 3.62. The van der Waals surface area contributed by atoms with E-state index in [2.05, 4.69) is 5.32 Å². The van der Waals surface area contributed by atoms with Crippen LogP contribution in [0.1, 0.15) is 43.6 Å². The summed E-state index contributed by atoms with van der Waals surface area (Å²) < 4.78 is 5.40. The van der Waals surface area contributed by atoms with Gasteiger partial charge in [0.15, 0.2) is 0 Å². The maximum atomic E-state index is 12.9. The molecule has 0 aromatic heterocycles. The standard InChI is InChI=1S/C24H19ClN2O4/c1-2-31-19-9-7-18(8-10-19)27-23(29)20-11-6-16(13-21(20)24(27)30)22(28)26-14-15-4-3-5-17(25)12-15/h3-13H,2,14H2,1H3,(H,26,28). The number of imide groups is 1. The first kappa shape index (κ1) is 20.6. The first-order valence-electron chi connectivity index (χ1n) is 9.76. The van der Waals surface area contributed by atoms with Crippen LogP contribution in [0.3, 0.4) is 0 Å². The van der Waals surface area contributed by atoms with E-state index in [9.17, 15) is 14.4 Å². The van der Waals surface area contributed by atoms with E-state index < -0.39 is 11.8 Å². The maximum absolute atomic E-state index is 12.9. The molecule has 0 saturated carbocycles. The fraction of sp³-hybridized carbons (Fsp3) is 0.125. The first-order chi connectivity index (χ1) is 15.0. The van der Waals surface area contributed by atoms with E-state index in [0.29, 0.717) is 35.2 Å². The minimum absolute atomic E-state index is 0.203. The predicted molar refractivity (Wildman–Crippen MR) is 118 cm³/mol. The summed E-state index contributed by atoms with van der Waals surface area (Å²) in [6.45, 7) is 2.69. The molecule has 156 valence electrons. The number of anilines is 1. The van der Waals surface area contributed by atoms with Gasteiger partial charge in [0.2, 0.25) is 0 Å². The van der Waals surface area contributed by atoms with Crippen LogP contribution in [0.4, 0.5) is 5.69 Å². The average Bonchev–Trinajstić information content (AvgIpc) is 3.02. The van der Waals surface area contributed by atoms with Gasteiger partial charge in [-0.05, 0) is 67.1 Å². The lowest BCUT2D eigenvalue weighted by Crippen LogP contribution is -2.29. The largest absolute Gasteiger partial charge is 0.494 e. The molecule has 6 nitrogen and oxygen atoms in total. The number of nitrogens with zero attached hydrogens (tertiary/aromatic N) is 1. The van der Waals surface area contributed by atoms with E-state index in [1.54, 1.807) is 48.5 Å². The Hall–Kier alpha value is -3.64. The summed E-state index contributed by atoms with van der Waals surface area (Å²) in [5.41, 5.74) is 2.08. The molecular formula is C24H19ClN2O4. The van der Waals surface area contributed by atoms with Gasteiger partial charge < -0.3 is 10.1 Å². The molecule has 0 aliphatic carbocycles. The van der Waals surface area contributed by atoms with E-state index in [4.69, 9.17) is 16.3 Å². The topological polar surface area (TPSA) is 75.7 Å².